The molecule has 38 heavy (non-hydrogen) atoms. The van der Waals surface area contributed by atoms with Gasteiger partial charge in [-0.2, -0.15) is 4.98 Å². The fraction of sp³-hybridized carbons (Fsp3) is 0.370. The average molecular weight is 577 g/mol. The van der Waals surface area contributed by atoms with E-state index >= 15 is 0 Å². The van der Waals surface area contributed by atoms with Crippen molar-refractivity contribution in [3.05, 3.63) is 63.3 Å². The van der Waals surface area contributed by atoms with Crippen LogP contribution in [-0.2, 0) is 11.3 Å². The Morgan fingerprint density at radius 1 is 1.24 bits per heavy atom. The molecule has 1 fully saturated rings. The molecule has 11 heteroatoms. The van der Waals surface area contributed by atoms with E-state index in [0.717, 1.165) is 34.5 Å². The van der Waals surface area contributed by atoms with Gasteiger partial charge in [-0.25, -0.2) is 9.18 Å². The number of nitrogens with one attached hydrogen (secondary N) is 1. The van der Waals surface area contributed by atoms with Crippen molar-refractivity contribution in [2.45, 2.75) is 30.8 Å². The topological polar surface area (TPSA) is 70.5 Å². The first-order chi connectivity index (χ1) is 18.3. The maximum atomic E-state index is 14.0. The second-order valence-corrected chi connectivity index (χ2v) is 11.2. The number of nitrogens with zero attached hydrogens (tertiary/aromatic N) is 4. The fourth-order valence-corrected chi connectivity index (χ4v) is 6.90. The average Bonchev–Trinajstić information content (AvgIpc) is 3.11. The first kappa shape index (κ1) is 27.0. The quantitative estimate of drug-likeness (QED) is 0.425. The van der Waals surface area contributed by atoms with Crippen molar-refractivity contribution in [1.82, 2.24) is 19.8 Å². The Kier molecular flexibility index (Phi) is 8.00. The summed E-state index contributed by atoms with van der Waals surface area (Å²) in [7, 11) is 0. The SMILES string of the molecule is C=CC(=O)N1CCN(c2nc(=O)n3c4c(c(-c5ccc(F)c(Cl)c5)c(Cl)cc24)SCC(NCCC)C3)CC1. The Hall–Kier alpha value is -2.59. The molecule has 0 spiro atoms. The highest BCUT2D eigenvalue weighted by molar-refractivity contribution is 7.99. The third-order valence-electron chi connectivity index (χ3n) is 6.94. The van der Waals surface area contributed by atoms with Gasteiger partial charge in [0.25, 0.3) is 0 Å². The number of piperazine rings is 1. The zero-order chi connectivity index (χ0) is 27.0. The van der Waals surface area contributed by atoms with Crippen molar-refractivity contribution in [3.8, 4) is 11.1 Å². The third-order valence-corrected chi connectivity index (χ3v) is 8.78. The molecule has 200 valence electrons. The minimum absolute atomic E-state index is 0.00623. The second-order valence-electron chi connectivity index (χ2n) is 9.39. The van der Waals surface area contributed by atoms with E-state index in [1.165, 1.54) is 12.1 Å². The smallest absolute Gasteiger partial charge is 0.350 e. The summed E-state index contributed by atoms with van der Waals surface area (Å²) in [5.41, 5.74) is 1.82. The highest BCUT2D eigenvalue weighted by atomic mass is 35.5. The number of carbonyl (C=O) groups excluding carboxylic acids is 1. The van der Waals surface area contributed by atoms with Crippen LogP contribution in [0.3, 0.4) is 0 Å². The first-order valence-corrected chi connectivity index (χ1v) is 14.3. The van der Waals surface area contributed by atoms with Crippen LogP contribution < -0.4 is 15.9 Å². The maximum Gasteiger partial charge on any atom is 0.350 e. The minimum Gasteiger partial charge on any atom is -0.352 e. The van der Waals surface area contributed by atoms with Gasteiger partial charge in [0, 0.05) is 60.4 Å². The van der Waals surface area contributed by atoms with Gasteiger partial charge >= 0.3 is 5.69 Å². The van der Waals surface area contributed by atoms with Crippen LogP contribution in [0.5, 0.6) is 0 Å². The van der Waals surface area contributed by atoms with Crippen molar-refractivity contribution in [2.24, 2.45) is 0 Å². The number of carbonyl (C=O) groups is 1. The monoisotopic (exact) mass is 575 g/mol. The van der Waals surface area contributed by atoms with Crippen LogP contribution >= 0.6 is 35.0 Å². The number of anilines is 1. The van der Waals surface area contributed by atoms with E-state index in [1.807, 2.05) is 11.0 Å². The number of benzene rings is 2. The van der Waals surface area contributed by atoms with E-state index in [9.17, 15) is 14.0 Å². The number of hydrogen-bond donors (Lipinski definition) is 1. The van der Waals surface area contributed by atoms with Crippen LogP contribution in [0.15, 0.2) is 46.6 Å². The van der Waals surface area contributed by atoms with E-state index in [1.54, 1.807) is 33.4 Å². The normalized spacial score (nSPS) is 17.5. The third kappa shape index (κ3) is 5.04. The highest BCUT2D eigenvalue weighted by Crippen LogP contribution is 2.45. The Morgan fingerprint density at radius 3 is 2.68 bits per heavy atom. The highest BCUT2D eigenvalue weighted by Gasteiger charge is 2.29. The van der Waals surface area contributed by atoms with Gasteiger partial charge in [0.15, 0.2) is 0 Å². The van der Waals surface area contributed by atoms with Gasteiger partial charge < -0.3 is 15.1 Å². The van der Waals surface area contributed by atoms with Crippen molar-refractivity contribution >= 4 is 57.6 Å². The van der Waals surface area contributed by atoms with Gasteiger partial charge in [-0.15, -0.1) is 11.8 Å². The van der Waals surface area contributed by atoms with Gasteiger partial charge in [0.05, 0.1) is 15.6 Å². The molecule has 2 aliphatic rings. The minimum atomic E-state index is -0.507. The Bertz CT molecular complexity index is 1470. The molecule has 1 atom stereocenters. The van der Waals surface area contributed by atoms with Crippen LogP contribution in [0.4, 0.5) is 10.2 Å². The van der Waals surface area contributed by atoms with Gasteiger partial charge in [0.2, 0.25) is 5.91 Å². The second kappa shape index (κ2) is 11.3. The molecule has 0 aliphatic carbocycles. The van der Waals surface area contributed by atoms with E-state index in [0.29, 0.717) is 54.7 Å². The molecule has 1 unspecified atom stereocenters. The lowest BCUT2D eigenvalue weighted by Crippen LogP contribution is -2.49. The molecule has 2 aliphatic heterocycles. The molecular formula is C27H28Cl2FN5O2S. The molecule has 0 radical (unpaired) electrons. The summed E-state index contributed by atoms with van der Waals surface area (Å²) in [4.78, 5) is 34.8. The van der Waals surface area contributed by atoms with E-state index in [2.05, 4.69) is 23.8 Å². The molecule has 3 heterocycles. The Labute approximate surface area is 234 Å². The lowest BCUT2D eigenvalue weighted by Gasteiger charge is -2.35. The van der Waals surface area contributed by atoms with Crippen LogP contribution in [0.25, 0.3) is 22.0 Å². The molecule has 0 bridgehead atoms. The molecule has 1 aromatic heterocycles. The Morgan fingerprint density at radius 2 is 2.00 bits per heavy atom. The van der Waals surface area contributed by atoms with Gasteiger partial charge in [-0.05, 0) is 42.8 Å². The number of rotatable bonds is 6. The molecule has 1 saturated heterocycles. The predicted molar refractivity (Wildman–Crippen MR) is 153 cm³/mol. The van der Waals surface area contributed by atoms with Crippen LogP contribution in [-0.4, -0.2) is 64.9 Å². The molecule has 3 aromatic rings. The summed E-state index contributed by atoms with van der Waals surface area (Å²) in [6.45, 7) is 9.04. The predicted octanol–water partition coefficient (Wildman–Crippen LogP) is 4.82. The zero-order valence-electron chi connectivity index (χ0n) is 21.0. The van der Waals surface area contributed by atoms with Crippen LogP contribution in [0.1, 0.15) is 13.3 Å². The zero-order valence-corrected chi connectivity index (χ0v) is 23.3. The summed E-state index contributed by atoms with van der Waals surface area (Å²) in [6, 6.07) is 6.44. The van der Waals surface area contributed by atoms with E-state index in [4.69, 9.17) is 23.2 Å². The van der Waals surface area contributed by atoms with Crippen molar-refractivity contribution < 1.29 is 9.18 Å². The molecular weight excluding hydrogens is 548 g/mol. The summed E-state index contributed by atoms with van der Waals surface area (Å²) in [6.07, 6.45) is 2.29. The number of aromatic nitrogens is 2. The standard InChI is InChI=1S/C27H28Cl2FN5O2S/c1-3-7-31-17-14-35-24-18(26(32-27(35)37)34-10-8-33(9-11-34)22(36)4-2)13-20(29)23(25(24)38-15-17)16-5-6-21(30)19(28)12-16/h4-6,12-13,17,31H,2-3,7-11,14-15H2,1H3. The van der Waals surface area contributed by atoms with Crippen molar-refractivity contribution in [2.75, 3.05) is 43.4 Å². The van der Waals surface area contributed by atoms with Crippen LogP contribution in [0.2, 0.25) is 10.0 Å². The summed E-state index contributed by atoms with van der Waals surface area (Å²) >= 11 is 14.7. The molecule has 5 rings (SSSR count). The van der Waals surface area contributed by atoms with Gasteiger partial charge in [0.1, 0.15) is 11.6 Å². The number of thioether (sulfide) groups is 1. The first-order valence-electron chi connectivity index (χ1n) is 12.6. The number of amides is 1. The summed E-state index contributed by atoms with van der Waals surface area (Å²) in [5.74, 6) is 0.654. The largest absolute Gasteiger partial charge is 0.352 e. The Balaban J connectivity index is 1.69. The van der Waals surface area contributed by atoms with Crippen molar-refractivity contribution in [1.29, 1.82) is 0 Å². The molecule has 1 N–H and O–H groups in total. The van der Waals surface area contributed by atoms with Crippen molar-refractivity contribution in [3.63, 3.8) is 0 Å². The molecule has 2 aromatic carbocycles. The summed E-state index contributed by atoms with van der Waals surface area (Å²) in [5, 5.41) is 4.78. The molecule has 7 nitrogen and oxygen atoms in total. The number of halogens is 3. The fourth-order valence-electron chi connectivity index (χ4n) is 5.03. The maximum absolute atomic E-state index is 14.0. The lowest BCUT2D eigenvalue weighted by molar-refractivity contribution is -0.126. The van der Waals surface area contributed by atoms with Gasteiger partial charge in [-0.3, -0.25) is 9.36 Å². The summed E-state index contributed by atoms with van der Waals surface area (Å²) < 4.78 is 15.7. The molecule has 1 amide bonds. The van der Waals surface area contributed by atoms with Crippen LogP contribution in [0, 0.1) is 5.82 Å². The molecule has 0 saturated carbocycles. The number of hydrogen-bond acceptors (Lipinski definition) is 6. The van der Waals surface area contributed by atoms with E-state index in [-0.39, 0.29) is 22.7 Å². The lowest BCUT2D eigenvalue weighted by atomic mass is 10.0. The van der Waals surface area contributed by atoms with Gasteiger partial charge in [-0.1, -0.05) is 42.8 Å². The van der Waals surface area contributed by atoms with E-state index < -0.39 is 5.82 Å².